The normalized spacial score (nSPS) is 11.9. The van der Waals surface area contributed by atoms with Gasteiger partial charge in [0.05, 0.1) is 20.6 Å². The molecular formula is C37H39N7O6. The number of anilines is 2. The Bertz CT molecular complexity index is 2410. The fourth-order valence-electron chi connectivity index (χ4n) is 6.40. The summed E-state index contributed by atoms with van der Waals surface area (Å²) < 4.78 is 0. The number of pyridine rings is 2. The zero-order chi connectivity index (χ0) is 35.7. The Balaban J connectivity index is 1.10. The number of fused-ring (bicyclic) bond motifs is 4. The van der Waals surface area contributed by atoms with Crippen molar-refractivity contribution in [3.8, 4) is 0 Å². The number of non-ortho nitro benzene ring substituents is 2. The van der Waals surface area contributed by atoms with Crippen molar-refractivity contribution in [1.29, 1.82) is 0 Å². The summed E-state index contributed by atoms with van der Waals surface area (Å²) >= 11 is 0. The predicted octanol–water partition coefficient (Wildman–Crippen LogP) is 7.03. The molecule has 2 heterocycles. The molecule has 0 atom stereocenters. The number of para-hydroxylation sites is 1. The molecule has 0 saturated carbocycles. The number of H-pyrrole nitrogens is 2. The summed E-state index contributed by atoms with van der Waals surface area (Å²) in [5, 5.41) is 31.7. The van der Waals surface area contributed by atoms with Gasteiger partial charge >= 0.3 is 0 Å². The Morgan fingerprint density at radius 3 is 1.72 bits per heavy atom. The first-order valence-electron chi connectivity index (χ1n) is 16.5. The van der Waals surface area contributed by atoms with Crippen molar-refractivity contribution in [2.75, 3.05) is 43.9 Å². The van der Waals surface area contributed by atoms with Crippen molar-refractivity contribution < 1.29 is 9.85 Å². The second kappa shape index (κ2) is 13.6. The van der Waals surface area contributed by atoms with Crippen molar-refractivity contribution >= 4 is 66.4 Å². The molecule has 0 amide bonds. The number of nitrogens with zero attached hydrogens (tertiary/aromatic N) is 3. The third-order valence-corrected chi connectivity index (χ3v) is 9.10. The van der Waals surface area contributed by atoms with Crippen molar-refractivity contribution in [3.63, 3.8) is 0 Å². The molecular weight excluding hydrogens is 638 g/mol. The standard InChI is InChI=1S/C37H39N7O6/c1-37(2,3)22-11-12-26-24(21-22)36(46)32-28(14-16-30(44(49)50)34(32)41-26)39-18-8-20-42(4)19-7-17-38-27-13-15-29(43(47)48)33-31(27)35(45)23-9-5-6-10-25(23)40-33/h5-6,9-16,21,38-39H,7-8,17-20H2,1-4H3,(H,40,45)(H,41,46). The van der Waals surface area contributed by atoms with Crippen LogP contribution in [0.2, 0.25) is 0 Å². The maximum absolute atomic E-state index is 13.8. The number of nitro groups is 2. The molecule has 4 N–H and O–H groups in total. The van der Waals surface area contributed by atoms with E-state index in [1.165, 1.54) is 12.1 Å². The zero-order valence-electron chi connectivity index (χ0n) is 28.4. The topological polar surface area (TPSA) is 179 Å². The maximum Gasteiger partial charge on any atom is 0.293 e. The third-order valence-electron chi connectivity index (χ3n) is 9.10. The van der Waals surface area contributed by atoms with Gasteiger partial charge in [-0.15, -0.1) is 0 Å². The number of nitro benzene ring substituents is 2. The minimum absolute atomic E-state index is 0.155. The minimum Gasteiger partial charge on any atom is -0.384 e. The van der Waals surface area contributed by atoms with Gasteiger partial charge in [-0.2, -0.15) is 0 Å². The number of benzene rings is 4. The van der Waals surface area contributed by atoms with E-state index < -0.39 is 9.85 Å². The van der Waals surface area contributed by atoms with E-state index in [-0.39, 0.29) is 49.5 Å². The first-order chi connectivity index (χ1) is 23.8. The van der Waals surface area contributed by atoms with Crippen LogP contribution in [0.15, 0.2) is 76.3 Å². The molecule has 0 aliphatic carbocycles. The molecule has 0 saturated heterocycles. The number of aromatic amines is 2. The van der Waals surface area contributed by atoms with Crippen LogP contribution in [-0.2, 0) is 5.41 Å². The van der Waals surface area contributed by atoms with Crippen molar-refractivity contribution in [2.24, 2.45) is 0 Å². The van der Waals surface area contributed by atoms with Gasteiger partial charge in [-0.3, -0.25) is 29.8 Å². The summed E-state index contributed by atoms with van der Waals surface area (Å²) in [6.07, 6.45) is 1.50. The molecule has 4 aromatic carbocycles. The van der Waals surface area contributed by atoms with Crippen molar-refractivity contribution in [2.45, 2.75) is 39.0 Å². The van der Waals surface area contributed by atoms with Gasteiger partial charge in [0.15, 0.2) is 10.9 Å². The number of nitrogens with one attached hydrogen (secondary N) is 4. The summed E-state index contributed by atoms with van der Waals surface area (Å²) in [5.74, 6) is 0. The van der Waals surface area contributed by atoms with Gasteiger partial charge in [-0.25, -0.2) is 0 Å². The highest BCUT2D eigenvalue weighted by Crippen LogP contribution is 2.32. The lowest BCUT2D eigenvalue weighted by molar-refractivity contribution is -0.383. The van der Waals surface area contributed by atoms with Crippen LogP contribution in [0, 0.1) is 20.2 Å². The molecule has 2 aromatic heterocycles. The summed E-state index contributed by atoms with van der Waals surface area (Å²) in [7, 11) is 2.00. The van der Waals surface area contributed by atoms with E-state index in [0.29, 0.717) is 46.3 Å². The lowest BCUT2D eigenvalue weighted by atomic mass is 9.86. The van der Waals surface area contributed by atoms with Crippen LogP contribution in [0.1, 0.15) is 39.2 Å². The van der Waals surface area contributed by atoms with Gasteiger partial charge < -0.3 is 25.5 Å². The van der Waals surface area contributed by atoms with Gasteiger partial charge in [-0.1, -0.05) is 39.0 Å². The Morgan fingerprint density at radius 1 is 0.700 bits per heavy atom. The number of hydrogen-bond donors (Lipinski definition) is 4. The van der Waals surface area contributed by atoms with Crippen LogP contribution in [0.4, 0.5) is 22.7 Å². The van der Waals surface area contributed by atoms with Gasteiger partial charge in [-0.05, 0) is 80.4 Å². The summed E-state index contributed by atoms with van der Waals surface area (Å²) in [4.78, 5) is 58.2. The summed E-state index contributed by atoms with van der Waals surface area (Å²) in [5.41, 5.74) is 2.55. The highest BCUT2D eigenvalue weighted by Gasteiger charge is 2.22. The quantitative estimate of drug-likeness (QED) is 0.0458. The molecule has 13 nitrogen and oxygen atoms in total. The molecule has 13 heteroatoms. The predicted molar refractivity (Wildman–Crippen MR) is 200 cm³/mol. The fraction of sp³-hybridized carbons (Fsp3) is 0.297. The molecule has 0 radical (unpaired) electrons. The molecule has 0 bridgehead atoms. The second-order valence-electron chi connectivity index (χ2n) is 13.6. The second-order valence-corrected chi connectivity index (χ2v) is 13.6. The van der Waals surface area contributed by atoms with Crippen molar-refractivity contribution in [1.82, 2.24) is 14.9 Å². The van der Waals surface area contributed by atoms with Crippen molar-refractivity contribution in [3.05, 3.63) is 113 Å². The highest BCUT2D eigenvalue weighted by molar-refractivity contribution is 6.04. The van der Waals surface area contributed by atoms with Crippen LogP contribution in [0.3, 0.4) is 0 Å². The Kier molecular flexibility index (Phi) is 9.26. The minimum atomic E-state index is -0.493. The van der Waals surface area contributed by atoms with Crippen LogP contribution >= 0.6 is 0 Å². The Hall–Kier alpha value is -5.82. The van der Waals surface area contributed by atoms with Crippen LogP contribution in [-0.4, -0.2) is 57.9 Å². The van der Waals surface area contributed by atoms with Crippen LogP contribution in [0.25, 0.3) is 43.6 Å². The molecule has 258 valence electrons. The molecule has 0 unspecified atom stereocenters. The maximum atomic E-state index is 13.8. The number of rotatable bonds is 12. The van der Waals surface area contributed by atoms with E-state index in [9.17, 15) is 29.8 Å². The van der Waals surface area contributed by atoms with E-state index in [2.05, 4.69) is 46.3 Å². The fourth-order valence-corrected chi connectivity index (χ4v) is 6.40. The third kappa shape index (κ3) is 6.59. The van der Waals surface area contributed by atoms with E-state index in [4.69, 9.17) is 0 Å². The molecule has 6 rings (SSSR count). The monoisotopic (exact) mass is 677 g/mol. The van der Waals surface area contributed by atoms with E-state index >= 15 is 0 Å². The van der Waals surface area contributed by atoms with Crippen LogP contribution in [0.5, 0.6) is 0 Å². The van der Waals surface area contributed by atoms with E-state index in [1.807, 2.05) is 25.2 Å². The summed E-state index contributed by atoms with van der Waals surface area (Å²) in [6.45, 7) is 8.79. The largest absolute Gasteiger partial charge is 0.384 e. The first kappa shape index (κ1) is 34.1. The molecule has 6 aromatic rings. The SMILES string of the molecule is CN(CCCNc1ccc([N+](=O)[O-])c2[nH]c3ccccc3c(=O)c12)CCCNc1ccc([N+](=O)[O-])c2[nH]c3ccc(C(C)(C)C)cc3c(=O)c12. The highest BCUT2D eigenvalue weighted by atomic mass is 16.6. The van der Waals surface area contributed by atoms with Gasteiger partial charge in [0.1, 0.15) is 11.0 Å². The average molecular weight is 678 g/mol. The smallest absolute Gasteiger partial charge is 0.293 e. The molecule has 50 heavy (non-hydrogen) atoms. The number of aromatic nitrogens is 2. The van der Waals surface area contributed by atoms with Gasteiger partial charge in [0, 0.05) is 58.4 Å². The molecule has 0 aliphatic rings. The van der Waals surface area contributed by atoms with E-state index in [0.717, 1.165) is 31.5 Å². The Labute approximate surface area is 286 Å². The first-order valence-corrected chi connectivity index (χ1v) is 16.5. The van der Waals surface area contributed by atoms with E-state index in [1.54, 1.807) is 36.4 Å². The van der Waals surface area contributed by atoms with Gasteiger partial charge in [0.2, 0.25) is 0 Å². The lowest BCUT2D eigenvalue weighted by Gasteiger charge is -2.19. The van der Waals surface area contributed by atoms with Crippen LogP contribution < -0.4 is 21.5 Å². The average Bonchev–Trinajstić information content (AvgIpc) is 3.07. The summed E-state index contributed by atoms with van der Waals surface area (Å²) in [6, 6.07) is 18.6. The molecule has 0 fully saturated rings. The molecule has 0 aliphatic heterocycles. The van der Waals surface area contributed by atoms with Gasteiger partial charge in [0.25, 0.3) is 11.4 Å². The lowest BCUT2D eigenvalue weighted by Crippen LogP contribution is -2.24. The molecule has 0 spiro atoms. The number of hydrogen-bond acceptors (Lipinski definition) is 9. The zero-order valence-corrected chi connectivity index (χ0v) is 28.4. The Morgan fingerprint density at radius 2 is 1.20 bits per heavy atom.